The number of nitrogens with one attached hydrogen (secondary N) is 2. The topological polar surface area (TPSA) is 104 Å². The van der Waals surface area contributed by atoms with Gasteiger partial charge in [-0.15, -0.1) is 0 Å². The first-order valence-corrected chi connectivity index (χ1v) is 16.1. The van der Waals surface area contributed by atoms with Gasteiger partial charge in [0.1, 0.15) is 23.2 Å². The number of carboxylic acid groups (broad SMARTS) is 1. The van der Waals surface area contributed by atoms with Crippen LogP contribution < -0.4 is 10.9 Å². The molecule has 7 aromatic rings. The Morgan fingerprint density at radius 2 is 1.44 bits per heavy atom. The highest BCUT2D eigenvalue weighted by atomic mass is 19.4. The van der Waals surface area contributed by atoms with Crippen molar-refractivity contribution in [2.45, 2.75) is 25.6 Å². The van der Waals surface area contributed by atoms with Crippen LogP contribution in [0.3, 0.4) is 0 Å². The molecule has 0 aliphatic carbocycles. The minimum Gasteiger partial charge on any atom is -0.480 e. The van der Waals surface area contributed by atoms with E-state index < -0.39 is 64.4 Å². The molecule has 7 rings (SSSR count). The Balaban J connectivity index is 1.26. The van der Waals surface area contributed by atoms with E-state index in [0.717, 1.165) is 27.6 Å². The smallest absolute Gasteiger partial charge is 0.417 e. The normalized spacial score (nSPS) is 12.4. The van der Waals surface area contributed by atoms with Gasteiger partial charge >= 0.3 is 12.1 Å². The number of aryl methyl sites for hydroxylation is 2. The van der Waals surface area contributed by atoms with Crippen molar-refractivity contribution in [3.8, 4) is 22.3 Å². The first-order valence-electron chi connectivity index (χ1n) is 16.1. The fourth-order valence-corrected chi connectivity index (χ4v) is 7.05. The van der Waals surface area contributed by atoms with E-state index in [4.69, 9.17) is 0 Å². The Morgan fingerprint density at radius 3 is 2.13 bits per heavy atom. The van der Waals surface area contributed by atoms with Crippen molar-refractivity contribution in [2.75, 3.05) is 0 Å². The van der Waals surface area contributed by atoms with Crippen molar-refractivity contribution in [2.24, 2.45) is 7.05 Å². The molecule has 12 heteroatoms. The average Bonchev–Trinajstić information content (AvgIpc) is 3.44. The molecule has 0 saturated heterocycles. The predicted octanol–water partition coefficient (Wildman–Crippen LogP) is 8.54. The van der Waals surface area contributed by atoms with Crippen molar-refractivity contribution in [3.63, 3.8) is 0 Å². The summed E-state index contributed by atoms with van der Waals surface area (Å²) in [6, 6.07) is 22.1. The van der Waals surface area contributed by atoms with E-state index in [1.807, 2.05) is 12.1 Å². The SMILES string of the molecule is Cc1[nH]c2ccccc2c1-c1cc(F)c(C(=O)NC(Cc2cccc3c(-c4c(C(F)(F)F)c5ccccc5n(C)c4=O)cccc23)C(=O)O)c(F)c1. The number of carboxylic acids is 1. The van der Waals surface area contributed by atoms with E-state index >= 15 is 8.78 Å². The second-order valence-corrected chi connectivity index (χ2v) is 12.5. The number of H-pyrrole nitrogens is 1. The van der Waals surface area contributed by atoms with Gasteiger partial charge in [0, 0.05) is 41.0 Å². The summed E-state index contributed by atoms with van der Waals surface area (Å²) < 4.78 is 76.2. The molecule has 262 valence electrons. The van der Waals surface area contributed by atoms with Gasteiger partial charge in [-0.3, -0.25) is 9.59 Å². The lowest BCUT2D eigenvalue weighted by atomic mass is 9.90. The van der Waals surface area contributed by atoms with E-state index in [-0.39, 0.29) is 27.4 Å². The number of amides is 1. The summed E-state index contributed by atoms with van der Waals surface area (Å²) in [5.74, 6) is -5.22. The lowest BCUT2D eigenvalue weighted by molar-refractivity contribution is -0.139. The molecule has 2 aromatic heterocycles. The molecule has 1 atom stereocenters. The molecular formula is C40H28F5N3O4. The lowest BCUT2D eigenvalue weighted by Gasteiger charge is -2.20. The van der Waals surface area contributed by atoms with E-state index in [0.29, 0.717) is 22.2 Å². The highest BCUT2D eigenvalue weighted by Gasteiger charge is 2.38. The van der Waals surface area contributed by atoms with Gasteiger partial charge in [0.15, 0.2) is 0 Å². The van der Waals surface area contributed by atoms with Crippen molar-refractivity contribution in [3.05, 3.63) is 141 Å². The van der Waals surface area contributed by atoms with Crippen molar-refractivity contribution in [1.29, 1.82) is 0 Å². The summed E-state index contributed by atoms with van der Waals surface area (Å²) in [6.45, 7) is 1.75. The fourth-order valence-electron chi connectivity index (χ4n) is 7.05. The third kappa shape index (κ3) is 5.75. The number of para-hydroxylation sites is 2. The highest BCUT2D eigenvalue weighted by Crippen LogP contribution is 2.42. The predicted molar refractivity (Wildman–Crippen MR) is 188 cm³/mol. The molecule has 3 N–H and O–H groups in total. The fraction of sp³-hybridized carbons (Fsp3) is 0.125. The Labute approximate surface area is 291 Å². The first kappa shape index (κ1) is 34.2. The van der Waals surface area contributed by atoms with Crippen LogP contribution in [0.4, 0.5) is 22.0 Å². The molecule has 1 amide bonds. The van der Waals surface area contributed by atoms with Crippen molar-refractivity contribution in [1.82, 2.24) is 14.9 Å². The molecule has 7 nitrogen and oxygen atoms in total. The number of carbonyl (C=O) groups is 2. The number of hydrogen-bond acceptors (Lipinski definition) is 3. The maximum absolute atomic E-state index is 15.5. The second kappa shape index (κ2) is 12.8. The Kier molecular flexibility index (Phi) is 8.40. The zero-order valence-corrected chi connectivity index (χ0v) is 27.5. The number of fused-ring (bicyclic) bond motifs is 3. The van der Waals surface area contributed by atoms with Gasteiger partial charge in [0.05, 0.1) is 16.6 Å². The number of carbonyl (C=O) groups excluding carboxylic acids is 1. The van der Waals surface area contributed by atoms with E-state index in [9.17, 15) is 32.7 Å². The molecular weight excluding hydrogens is 681 g/mol. The summed E-state index contributed by atoms with van der Waals surface area (Å²) in [4.78, 5) is 42.4. The molecule has 52 heavy (non-hydrogen) atoms. The van der Waals surface area contributed by atoms with E-state index in [1.165, 1.54) is 61.6 Å². The van der Waals surface area contributed by atoms with Crippen LogP contribution in [-0.2, 0) is 24.4 Å². The lowest BCUT2D eigenvalue weighted by Crippen LogP contribution is -2.43. The minimum absolute atomic E-state index is 0.0244. The minimum atomic E-state index is -4.90. The quantitative estimate of drug-likeness (QED) is 0.144. The number of rotatable bonds is 7. The Bertz CT molecular complexity index is 2640. The number of alkyl halides is 3. The van der Waals surface area contributed by atoms with Gasteiger partial charge in [-0.2, -0.15) is 13.2 Å². The van der Waals surface area contributed by atoms with Crippen LogP contribution in [0, 0.1) is 18.6 Å². The van der Waals surface area contributed by atoms with Crippen LogP contribution in [0.5, 0.6) is 0 Å². The number of benzene rings is 5. The largest absolute Gasteiger partial charge is 0.480 e. The zero-order valence-electron chi connectivity index (χ0n) is 27.5. The summed E-state index contributed by atoms with van der Waals surface area (Å²) in [5.41, 5.74) is -1.03. The summed E-state index contributed by atoms with van der Waals surface area (Å²) in [7, 11) is 1.38. The van der Waals surface area contributed by atoms with Crippen molar-refractivity contribution >= 4 is 44.5 Å². The summed E-state index contributed by atoms with van der Waals surface area (Å²) in [5, 5.41) is 13.4. The van der Waals surface area contributed by atoms with Crippen molar-refractivity contribution < 1.29 is 36.6 Å². The summed E-state index contributed by atoms with van der Waals surface area (Å²) in [6.07, 6.45) is -5.31. The molecule has 0 aliphatic rings. The van der Waals surface area contributed by atoms with Crippen LogP contribution >= 0.6 is 0 Å². The maximum Gasteiger partial charge on any atom is 0.417 e. The standard InChI is InChI=1S/C40H28F5N3O4/c1-20-33(26-10-3-5-15-30(26)46-20)22-17-28(41)35(29(42)18-22)37(49)47-31(39(51)52)19-21-9-7-13-24-23(21)12-8-14-25(24)34-36(40(43,44)45)27-11-4-6-16-32(27)48(2)38(34)50/h3-18,31,46H,19H2,1-2H3,(H,47,49)(H,51,52). The zero-order chi connectivity index (χ0) is 37.1. The van der Waals surface area contributed by atoms with Crippen LogP contribution in [0.25, 0.3) is 54.8 Å². The van der Waals surface area contributed by atoms with Crippen LogP contribution in [0.2, 0.25) is 0 Å². The molecule has 0 radical (unpaired) electrons. The molecule has 1 unspecified atom stereocenters. The van der Waals surface area contributed by atoms with Crippen LogP contribution in [0.1, 0.15) is 27.2 Å². The monoisotopic (exact) mass is 709 g/mol. The molecule has 0 spiro atoms. The number of pyridine rings is 1. The van der Waals surface area contributed by atoms with Gasteiger partial charge in [-0.1, -0.05) is 72.8 Å². The third-order valence-electron chi connectivity index (χ3n) is 9.35. The number of hydrogen-bond donors (Lipinski definition) is 3. The Morgan fingerprint density at radius 1 is 0.827 bits per heavy atom. The van der Waals surface area contributed by atoms with E-state index in [2.05, 4.69) is 10.3 Å². The number of aliphatic carboxylic acids is 1. The van der Waals surface area contributed by atoms with Crippen LogP contribution in [0.15, 0.2) is 102 Å². The van der Waals surface area contributed by atoms with Gasteiger partial charge < -0.3 is 20.0 Å². The van der Waals surface area contributed by atoms with Gasteiger partial charge in [-0.25, -0.2) is 13.6 Å². The maximum atomic E-state index is 15.5. The molecule has 5 aromatic carbocycles. The van der Waals surface area contributed by atoms with E-state index in [1.54, 1.807) is 25.1 Å². The molecule has 0 saturated carbocycles. The molecule has 0 fully saturated rings. The third-order valence-corrected chi connectivity index (χ3v) is 9.35. The molecule has 0 aliphatic heterocycles. The number of aromatic amines is 1. The molecule has 0 bridgehead atoms. The van der Waals surface area contributed by atoms with Gasteiger partial charge in [0.25, 0.3) is 11.5 Å². The average molecular weight is 710 g/mol. The summed E-state index contributed by atoms with van der Waals surface area (Å²) >= 11 is 0. The number of aromatic nitrogens is 2. The highest BCUT2D eigenvalue weighted by molar-refractivity contribution is 6.03. The molecule has 2 heterocycles. The van der Waals surface area contributed by atoms with Gasteiger partial charge in [-0.05, 0) is 58.7 Å². The Hall–Kier alpha value is -6.30. The number of halogens is 5. The van der Waals surface area contributed by atoms with Gasteiger partial charge in [0.2, 0.25) is 0 Å². The first-order chi connectivity index (χ1) is 24.8. The van der Waals surface area contributed by atoms with Crippen LogP contribution in [-0.4, -0.2) is 32.6 Å². The number of nitrogens with zero attached hydrogens (tertiary/aromatic N) is 1. The second-order valence-electron chi connectivity index (χ2n) is 12.5.